The predicted octanol–water partition coefficient (Wildman–Crippen LogP) is 2.76. The summed E-state index contributed by atoms with van der Waals surface area (Å²) in [5, 5.41) is 1.35. The minimum atomic E-state index is 1.05. The molecule has 108 valence electrons. The number of likely N-dealkylation sites (N-methyl/N-ethyl adjacent to an activating group) is 1. The van der Waals surface area contributed by atoms with Gasteiger partial charge < -0.3 is 14.4 Å². The highest BCUT2D eigenvalue weighted by Crippen LogP contribution is 2.25. The van der Waals surface area contributed by atoms with E-state index in [1.165, 1.54) is 41.2 Å². The van der Waals surface area contributed by atoms with Gasteiger partial charge >= 0.3 is 0 Å². The summed E-state index contributed by atoms with van der Waals surface area (Å²) < 4.78 is 2.37. The highest BCUT2D eigenvalue weighted by Gasteiger charge is 2.12. The van der Waals surface area contributed by atoms with Crippen LogP contribution in [0.25, 0.3) is 10.9 Å². The Labute approximate surface area is 125 Å². The van der Waals surface area contributed by atoms with Crippen LogP contribution in [0.1, 0.15) is 0 Å². The van der Waals surface area contributed by atoms with Crippen LogP contribution in [0.4, 0.5) is 5.69 Å². The first-order valence-electron chi connectivity index (χ1n) is 7.30. The number of aromatic nitrogens is 1. The minimum Gasteiger partial charge on any atom is -0.370 e. The van der Waals surface area contributed by atoms with Gasteiger partial charge in [-0.05, 0) is 37.7 Å². The largest absolute Gasteiger partial charge is 0.370 e. The van der Waals surface area contributed by atoms with Gasteiger partial charge in [0.25, 0.3) is 0 Å². The molecule has 1 aliphatic heterocycles. The van der Waals surface area contributed by atoms with Crippen LogP contribution in [0.3, 0.4) is 0 Å². The molecule has 0 saturated carbocycles. The molecule has 2 heterocycles. The Morgan fingerprint density at radius 2 is 1.95 bits per heavy atom. The molecule has 0 bridgehead atoms. The lowest BCUT2D eigenvalue weighted by molar-refractivity contribution is 0.387. The Balaban J connectivity index is 1.86. The second kappa shape index (κ2) is 6.10. The van der Waals surface area contributed by atoms with Gasteiger partial charge in [-0.15, -0.1) is 0 Å². The third kappa shape index (κ3) is 2.96. The highest BCUT2D eigenvalue weighted by molar-refractivity contribution is 7.99. The fraction of sp³-hybridized carbons (Fsp3) is 0.500. The summed E-state index contributed by atoms with van der Waals surface area (Å²) >= 11 is 2.06. The number of rotatable bonds is 4. The van der Waals surface area contributed by atoms with Crippen LogP contribution in [-0.2, 0) is 6.54 Å². The second-order valence-electron chi connectivity index (χ2n) is 5.65. The Hall–Kier alpha value is -1.13. The molecule has 1 saturated heterocycles. The normalized spacial score (nSPS) is 16.2. The van der Waals surface area contributed by atoms with E-state index in [4.69, 9.17) is 0 Å². The lowest BCUT2D eigenvalue weighted by Crippen LogP contribution is -2.32. The Kier molecular flexibility index (Phi) is 4.22. The van der Waals surface area contributed by atoms with Crippen LogP contribution in [-0.4, -0.2) is 54.7 Å². The van der Waals surface area contributed by atoms with Crippen molar-refractivity contribution in [3.05, 3.63) is 30.5 Å². The molecule has 0 amide bonds. The summed E-state index contributed by atoms with van der Waals surface area (Å²) in [5.74, 6) is 2.50. The molecule has 1 aromatic heterocycles. The van der Waals surface area contributed by atoms with Crippen molar-refractivity contribution >= 4 is 28.4 Å². The molecule has 0 radical (unpaired) electrons. The number of nitrogens with zero attached hydrogens (tertiary/aromatic N) is 3. The quantitative estimate of drug-likeness (QED) is 0.858. The van der Waals surface area contributed by atoms with E-state index < -0.39 is 0 Å². The second-order valence-corrected chi connectivity index (χ2v) is 6.88. The highest BCUT2D eigenvalue weighted by atomic mass is 32.2. The van der Waals surface area contributed by atoms with E-state index in [9.17, 15) is 0 Å². The first kappa shape index (κ1) is 13.8. The number of fused-ring (bicyclic) bond motifs is 1. The summed E-state index contributed by atoms with van der Waals surface area (Å²) in [6.45, 7) is 4.48. The Morgan fingerprint density at radius 1 is 1.15 bits per heavy atom. The third-order valence-corrected chi connectivity index (χ3v) is 4.86. The van der Waals surface area contributed by atoms with Crippen molar-refractivity contribution in [1.82, 2.24) is 9.47 Å². The zero-order chi connectivity index (χ0) is 13.9. The van der Waals surface area contributed by atoms with Crippen molar-refractivity contribution in [3.63, 3.8) is 0 Å². The van der Waals surface area contributed by atoms with Gasteiger partial charge in [0.05, 0.1) is 5.52 Å². The maximum Gasteiger partial charge on any atom is 0.0501 e. The van der Waals surface area contributed by atoms with Gasteiger partial charge in [0.15, 0.2) is 0 Å². The smallest absolute Gasteiger partial charge is 0.0501 e. The summed E-state index contributed by atoms with van der Waals surface area (Å²) in [4.78, 5) is 4.75. The van der Waals surface area contributed by atoms with Crippen molar-refractivity contribution in [1.29, 1.82) is 0 Å². The number of anilines is 1. The lowest BCUT2D eigenvalue weighted by Gasteiger charge is -2.28. The van der Waals surface area contributed by atoms with Crippen molar-refractivity contribution in [2.45, 2.75) is 6.54 Å². The molecule has 1 aliphatic rings. The van der Waals surface area contributed by atoms with Crippen molar-refractivity contribution in [2.75, 3.05) is 50.1 Å². The third-order valence-electron chi connectivity index (χ3n) is 3.92. The molecule has 0 spiro atoms. The molecular weight excluding hydrogens is 266 g/mol. The summed E-state index contributed by atoms with van der Waals surface area (Å²) in [6, 6.07) is 9.12. The van der Waals surface area contributed by atoms with Crippen LogP contribution in [0.5, 0.6) is 0 Å². The van der Waals surface area contributed by atoms with Crippen molar-refractivity contribution in [2.24, 2.45) is 0 Å². The number of benzene rings is 1. The Bertz CT molecular complexity index is 570. The maximum absolute atomic E-state index is 2.51. The SMILES string of the molecule is CN(C)CCn1ccc2ccc(N3CCSCC3)cc21. The van der Waals surface area contributed by atoms with Crippen molar-refractivity contribution < 1.29 is 0 Å². The molecule has 0 unspecified atom stereocenters. The molecule has 4 heteroatoms. The summed E-state index contributed by atoms with van der Waals surface area (Å²) in [6.07, 6.45) is 2.21. The molecule has 3 nitrogen and oxygen atoms in total. The van der Waals surface area contributed by atoms with E-state index in [1.54, 1.807) is 0 Å². The van der Waals surface area contributed by atoms with Gasteiger partial charge in [-0.1, -0.05) is 6.07 Å². The van der Waals surface area contributed by atoms with Gasteiger partial charge in [0, 0.05) is 49.6 Å². The van der Waals surface area contributed by atoms with Gasteiger partial charge in [-0.2, -0.15) is 11.8 Å². The zero-order valence-corrected chi connectivity index (χ0v) is 13.2. The first-order valence-corrected chi connectivity index (χ1v) is 8.46. The van der Waals surface area contributed by atoms with E-state index in [2.05, 4.69) is 70.7 Å². The maximum atomic E-state index is 2.51. The molecule has 1 fully saturated rings. The number of thioether (sulfide) groups is 1. The fourth-order valence-corrected chi connectivity index (χ4v) is 3.60. The van der Waals surface area contributed by atoms with Gasteiger partial charge in [-0.3, -0.25) is 0 Å². The van der Waals surface area contributed by atoms with Gasteiger partial charge in [0.1, 0.15) is 0 Å². The average Bonchev–Trinajstić information content (AvgIpc) is 2.88. The monoisotopic (exact) mass is 289 g/mol. The Morgan fingerprint density at radius 3 is 2.70 bits per heavy atom. The molecular formula is C16H23N3S. The van der Waals surface area contributed by atoms with E-state index >= 15 is 0 Å². The molecule has 3 rings (SSSR count). The molecule has 20 heavy (non-hydrogen) atoms. The first-order chi connectivity index (χ1) is 9.74. The standard InChI is InChI=1S/C16H23N3S/c1-17(2)7-8-19-6-5-14-3-4-15(13-16(14)19)18-9-11-20-12-10-18/h3-6,13H,7-12H2,1-2H3. The minimum absolute atomic E-state index is 1.05. The molecule has 0 atom stereocenters. The number of hydrogen-bond acceptors (Lipinski definition) is 3. The van der Waals surface area contributed by atoms with E-state index in [-0.39, 0.29) is 0 Å². The molecule has 0 N–H and O–H groups in total. The van der Waals surface area contributed by atoms with E-state index in [1.807, 2.05) is 0 Å². The van der Waals surface area contributed by atoms with Crippen LogP contribution >= 0.6 is 11.8 Å². The van der Waals surface area contributed by atoms with Crippen LogP contribution < -0.4 is 4.90 Å². The molecule has 2 aromatic rings. The predicted molar refractivity (Wildman–Crippen MR) is 90.0 cm³/mol. The van der Waals surface area contributed by atoms with Crippen LogP contribution in [0.15, 0.2) is 30.5 Å². The summed E-state index contributed by atoms with van der Waals surface area (Å²) in [5.41, 5.74) is 2.74. The van der Waals surface area contributed by atoms with Gasteiger partial charge in [-0.25, -0.2) is 0 Å². The van der Waals surface area contributed by atoms with Crippen LogP contribution in [0, 0.1) is 0 Å². The zero-order valence-electron chi connectivity index (χ0n) is 12.4. The lowest BCUT2D eigenvalue weighted by atomic mass is 10.2. The molecule has 0 aliphatic carbocycles. The van der Waals surface area contributed by atoms with Crippen molar-refractivity contribution in [3.8, 4) is 0 Å². The van der Waals surface area contributed by atoms with E-state index in [0.717, 1.165) is 13.1 Å². The fourth-order valence-electron chi connectivity index (χ4n) is 2.69. The van der Waals surface area contributed by atoms with Gasteiger partial charge in [0.2, 0.25) is 0 Å². The number of hydrogen-bond donors (Lipinski definition) is 0. The average molecular weight is 289 g/mol. The molecule has 1 aromatic carbocycles. The van der Waals surface area contributed by atoms with E-state index in [0.29, 0.717) is 0 Å². The summed E-state index contributed by atoms with van der Waals surface area (Å²) in [7, 11) is 4.25. The topological polar surface area (TPSA) is 11.4 Å². The van der Waals surface area contributed by atoms with Crippen LogP contribution in [0.2, 0.25) is 0 Å².